The van der Waals surface area contributed by atoms with Crippen molar-refractivity contribution in [1.29, 1.82) is 0 Å². The van der Waals surface area contributed by atoms with E-state index in [9.17, 15) is 24.6 Å². The first kappa shape index (κ1) is 55.6. The van der Waals surface area contributed by atoms with Crippen molar-refractivity contribution in [3.05, 3.63) is 36.3 Å². The van der Waals surface area contributed by atoms with Crippen LogP contribution in [-0.2, 0) is 68.3 Å². The van der Waals surface area contributed by atoms with E-state index in [0.29, 0.717) is 19.4 Å². The molecule has 18 heteroatoms. The zero-order chi connectivity index (χ0) is 49.0. The summed E-state index contributed by atoms with van der Waals surface area (Å²) in [6.07, 6.45) is -4.54. The Hall–Kier alpha value is -3.01. The van der Waals surface area contributed by atoms with E-state index in [-0.39, 0.29) is 43.6 Å². The molecular weight excluding hydrogens is 861 g/mol. The van der Waals surface area contributed by atoms with Crippen LogP contribution >= 0.6 is 0 Å². The number of furan rings is 1. The number of carbonyl (C=O) groups is 3. The van der Waals surface area contributed by atoms with Gasteiger partial charge >= 0.3 is 17.9 Å². The Labute approximate surface area is 391 Å². The van der Waals surface area contributed by atoms with Crippen molar-refractivity contribution < 1.29 is 76.4 Å². The van der Waals surface area contributed by atoms with Crippen LogP contribution in [0.3, 0.4) is 0 Å². The van der Waals surface area contributed by atoms with Gasteiger partial charge in [0.1, 0.15) is 41.9 Å². The van der Waals surface area contributed by atoms with E-state index >= 15 is 0 Å². The highest BCUT2D eigenvalue weighted by Gasteiger charge is 2.53. The summed E-state index contributed by atoms with van der Waals surface area (Å²) in [5.74, 6) is -1.38. The molecule has 1 unspecified atom stereocenters. The molecule has 0 amide bonds. The summed E-state index contributed by atoms with van der Waals surface area (Å²) in [5, 5.41) is 24.0. The van der Waals surface area contributed by atoms with Gasteiger partial charge in [-0.1, -0.05) is 32.9 Å². The first-order valence-electron chi connectivity index (χ1n) is 23.3. The van der Waals surface area contributed by atoms with Crippen molar-refractivity contribution >= 4 is 17.9 Å². The number of ether oxygens (including phenoxy) is 10. The van der Waals surface area contributed by atoms with E-state index in [1.807, 2.05) is 44.0 Å². The van der Waals surface area contributed by atoms with E-state index in [1.54, 1.807) is 62.3 Å². The summed E-state index contributed by atoms with van der Waals surface area (Å²) in [6, 6.07) is 2.86. The number of hydrogen-bond donors (Lipinski definition) is 2. The van der Waals surface area contributed by atoms with Crippen molar-refractivity contribution in [2.45, 2.75) is 192 Å². The van der Waals surface area contributed by atoms with Gasteiger partial charge in [-0.2, -0.15) is 0 Å². The van der Waals surface area contributed by atoms with E-state index in [0.717, 1.165) is 5.76 Å². The maximum atomic E-state index is 13.6. The third-order valence-corrected chi connectivity index (χ3v) is 12.8. The van der Waals surface area contributed by atoms with Crippen LogP contribution in [0.15, 0.2) is 35.0 Å². The second-order valence-corrected chi connectivity index (χ2v) is 19.3. The minimum absolute atomic E-state index is 0.0282. The molecule has 18 nitrogen and oxygen atoms in total. The second-order valence-electron chi connectivity index (χ2n) is 19.3. The smallest absolute Gasteiger partial charge is 0.309 e. The highest BCUT2D eigenvalue weighted by atomic mass is 16.7. The number of carbonyl (C=O) groups excluding carboxylic acids is 3. The number of nitrogens with zero attached hydrogens (tertiary/aromatic N) is 2. The average Bonchev–Trinajstić information content (AvgIpc) is 3.72. The molecule has 2 N–H and O–H groups in total. The molecule has 378 valence electrons. The third-order valence-electron chi connectivity index (χ3n) is 12.8. The molecule has 0 aromatic carbocycles. The highest BCUT2D eigenvalue weighted by molar-refractivity contribution is 5.72. The van der Waals surface area contributed by atoms with Crippen LogP contribution in [0, 0.1) is 17.8 Å². The molecule has 1 aromatic rings. The van der Waals surface area contributed by atoms with Crippen LogP contribution in [0.25, 0.3) is 0 Å². The minimum atomic E-state index is -1.49. The lowest BCUT2D eigenvalue weighted by molar-refractivity contribution is -0.345. The van der Waals surface area contributed by atoms with Gasteiger partial charge in [0.15, 0.2) is 25.0 Å². The summed E-state index contributed by atoms with van der Waals surface area (Å²) in [4.78, 5) is 43.0. The lowest BCUT2D eigenvalue weighted by Crippen LogP contribution is -2.66. The Morgan fingerprint density at radius 1 is 0.970 bits per heavy atom. The minimum Gasteiger partial charge on any atom is -0.468 e. The molecular formula is C48H80N2O16. The number of hydrogen-bond acceptors (Lipinski definition) is 18. The van der Waals surface area contributed by atoms with Crippen LogP contribution < -0.4 is 0 Å². The Bertz CT molecular complexity index is 1650. The first-order chi connectivity index (χ1) is 31.1. The third kappa shape index (κ3) is 15.5. The Kier molecular flexibility index (Phi) is 21.5. The molecule has 66 heavy (non-hydrogen) atoms. The molecule has 4 heterocycles. The first-order valence-corrected chi connectivity index (χ1v) is 23.3. The van der Waals surface area contributed by atoms with Crippen LogP contribution in [-0.4, -0.2) is 172 Å². The second kappa shape index (κ2) is 25.6. The zero-order valence-corrected chi connectivity index (χ0v) is 41.7. The molecule has 2 fully saturated rings. The summed E-state index contributed by atoms with van der Waals surface area (Å²) >= 11 is 0. The molecule has 0 spiro atoms. The van der Waals surface area contributed by atoms with E-state index in [2.05, 4.69) is 17.9 Å². The van der Waals surface area contributed by atoms with Crippen molar-refractivity contribution in [2.75, 3.05) is 42.5 Å². The molecule has 1 aromatic heterocycles. The fraction of sp³-hybridized carbons (Fsp3) is 0.812. The van der Waals surface area contributed by atoms with Gasteiger partial charge in [0, 0.05) is 60.0 Å². The molecule has 0 aliphatic carbocycles. The zero-order valence-electron chi connectivity index (χ0n) is 41.7. The molecule has 4 rings (SSSR count). The summed E-state index contributed by atoms with van der Waals surface area (Å²) < 4.78 is 67.3. The van der Waals surface area contributed by atoms with Gasteiger partial charge in [-0.3, -0.25) is 19.3 Å². The van der Waals surface area contributed by atoms with Crippen molar-refractivity contribution in [2.24, 2.45) is 17.8 Å². The maximum absolute atomic E-state index is 13.6. The number of likely N-dealkylation sites (N-methyl/N-ethyl adjacent to an activating group) is 2. The van der Waals surface area contributed by atoms with Crippen LogP contribution in [0.4, 0.5) is 0 Å². The van der Waals surface area contributed by atoms with Crippen LogP contribution in [0.2, 0.25) is 0 Å². The van der Waals surface area contributed by atoms with Gasteiger partial charge in [0.05, 0.1) is 43.6 Å². The quantitative estimate of drug-likeness (QED) is 0.0948. The van der Waals surface area contributed by atoms with Gasteiger partial charge in [-0.25, -0.2) is 0 Å². The fourth-order valence-corrected chi connectivity index (χ4v) is 9.71. The summed E-state index contributed by atoms with van der Waals surface area (Å²) in [5.41, 5.74) is -1.49. The highest BCUT2D eigenvalue weighted by Crippen LogP contribution is 2.39. The van der Waals surface area contributed by atoms with Gasteiger partial charge in [-0.05, 0) is 85.1 Å². The van der Waals surface area contributed by atoms with E-state index < -0.39 is 109 Å². The number of cyclic esters (lactones) is 1. The predicted molar refractivity (Wildman–Crippen MR) is 240 cm³/mol. The topological polar surface area (TPSA) is 204 Å². The molecule has 0 saturated carbocycles. The maximum Gasteiger partial charge on any atom is 0.309 e. The summed E-state index contributed by atoms with van der Waals surface area (Å²) in [6.45, 7) is 14.6. The lowest BCUT2D eigenvalue weighted by Gasteiger charge is -2.50. The SMILES string of the molecule is COC(C[C@H]1C[C@@H](C)[C@@H](N(C)Cc2ccco2)/C=C/C[C@@H](C)OC(=O)C[C@@H](OC(C)=O)[C@H](OC)[C@H]1O[C@@H]1O[C@H](C)C(O[C@H]2C[C@@](C)(O)[C@@H](OC(=O)CC(C)C)[C@H](C)O2)[C@H](N(C)C)[C@H]1O)OC. The normalized spacial score (nSPS) is 36.8. The number of esters is 3. The number of aliphatic hydroxyl groups excluding tert-OH is 1. The Balaban J connectivity index is 1.74. The molecule has 3 aliphatic heterocycles. The lowest BCUT2D eigenvalue weighted by atomic mass is 9.81. The van der Waals surface area contributed by atoms with Gasteiger partial charge < -0.3 is 66.9 Å². The number of rotatable bonds is 17. The molecule has 2 saturated heterocycles. The number of methoxy groups -OCH3 is 3. The average molecular weight is 941 g/mol. The Morgan fingerprint density at radius 2 is 1.67 bits per heavy atom. The monoisotopic (exact) mass is 941 g/mol. The van der Waals surface area contributed by atoms with Crippen molar-refractivity contribution in [3.8, 4) is 0 Å². The van der Waals surface area contributed by atoms with Gasteiger partial charge in [0.25, 0.3) is 0 Å². The largest absolute Gasteiger partial charge is 0.468 e. The standard InChI is InChI=1S/C48H80N2O16/c1-27(2)21-37(52)64-46-31(6)61-40(25-48(46,8)55)65-43-30(5)62-47(42(54)41(43)49(9)10)66-44-33(23-39(56-12)57-13)22-28(3)35(50(11)26-34-18-16-20-59-34)19-15-17-29(4)60-38(53)24-36(45(44)58-14)63-32(7)51/h15-16,18-20,27-31,33,35-36,39-47,54-55H,17,21-26H2,1-14H3/b19-15+/t28-,29-,30-,31+,33-,35+,36-,40+,41-,42-,43?,44+,45+,46+,47+,48-/m1/s1. The molecule has 0 radical (unpaired) electrons. The Morgan fingerprint density at radius 3 is 2.24 bits per heavy atom. The van der Waals surface area contributed by atoms with Gasteiger partial charge in [-0.15, -0.1) is 0 Å². The van der Waals surface area contributed by atoms with E-state index in [1.165, 1.54) is 14.0 Å². The van der Waals surface area contributed by atoms with E-state index in [4.69, 9.17) is 51.8 Å². The van der Waals surface area contributed by atoms with Crippen molar-refractivity contribution in [1.82, 2.24) is 9.80 Å². The number of aliphatic hydroxyl groups is 2. The predicted octanol–water partition coefficient (Wildman–Crippen LogP) is 4.61. The molecule has 16 atom stereocenters. The van der Waals surface area contributed by atoms with Crippen molar-refractivity contribution in [3.63, 3.8) is 0 Å². The fourth-order valence-electron chi connectivity index (χ4n) is 9.71. The van der Waals surface area contributed by atoms with Crippen LogP contribution in [0.1, 0.15) is 99.7 Å². The molecule has 0 bridgehead atoms. The van der Waals surface area contributed by atoms with Crippen LogP contribution in [0.5, 0.6) is 0 Å². The summed E-state index contributed by atoms with van der Waals surface area (Å²) in [7, 11) is 10.1. The van der Waals surface area contributed by atoms with Gasteiger partial charge in [0.2, 0.25) is 0 Å². The molecule has 3 aliphatic rings.